The first kappa shape index (κ1) is 19.9. The summed E-state index contributed by atoms with van der Waals surface area (Å²) in [5, 5.41) is 3.09. The van der Waals surface area contributed by atoms with E-state index in [-0.39, 0.29) is 23.8 Å². The largest absolute Gasteiger partial charge is 0.353 e. The quantitative estimate of drug-likeness (QED) is 0.744. The van der Waals surface area contributed by atoms with Gasteiger partial charge in [-0.25, -0.2) is 0 Å². The van der Waals surface area contributed by atoms with Crippen LogP contribution in [0.4, 0.5) is 0 Å². The second kappa shape index (κ2) is 9.91. The van der Waals surface area contributed by atoms with Gasteiger partial charge in [-0.15, -0.1) is 0 Å². The minimum Gasteiger partial charge on any atom is -0.353 e. The fraction of sp³-hybridized carbons (Fsp3) is 0.889. The Kier molecular flexibility index (Phi) is 8.59. The molecule has 0 aromatic carbocycles. The summed E-state index contributed by atoms with van der Waals surface area (Å²) in [5.74, 6) is 1.02. The highest BCUT2D eigenvalue weighted by Crippen LogP contribution is 2.17. The highest BCUT2D eigenvalue weighted by Gasteiger charge is 2.27. The number of hydrogen-bond donors (Lipinski definition) is 1. The van der Waals surface area contributed by atoms with Crippen molar-refractivity contribution < 1.29 is 9.59 Å². The smallest absolute Gasteiger partial charge is 0.234 e. The van der Waals surface area contributed by atoms with Gasteiger partial charge in [0.2, 0.25) is 11.8 Å². The first-order valence-electron chi connectivity index (χ1n) is 9.02. The van der Waals surface area contributed by atoms with E-state index in [9.17, 15) is 9.59 Å². The van der Waals surface area contributed by atoms with Crippen molar-refractivity contribution in [3.8, 4) is 0 Å². The van der Waals surface area contributed by atoms with Crippen LogP contribution in [-0.2, 0) is 9.59 Å². The van der Waals surface area contributed by atoms with Gasteiger partial charge in [0.05, 0.1) is 12.5 Å². The van der Waals surface area contributed by atoms with E-state index in [2.05, 4.69) is 31.0 Å². The average molecular weight is 325 g/mol. The molecule has 1 heterocycles. The molecule has 1 aliphatic rings. The zero-order chi connectivity index (χ0) is 17.4. The highest BCUT2D eigenvalue weighted by atomic mass is 16.2. The second-order valence-electron chi connectivity index (χ2n) is 7.60. The minimum atomic E-state index is 0.0371. The predicted molar refractivity (Wildman–Crippen MR) is 94.2 cm³/mol. The van der Waals surface area contributed by atoms with E-state index in [0.29, 0.717) is 13.1 Å². The van der Waals surface area contributed by atoms with Gasteiger partial charge < -0.3 is 10.2 Å². The van der Waals surface area contributed by atoms with Crippen LogP contribution < -0.4 is 5.32 Å². The number of piperidine rings is 1. The third kappa shape index (κ3) is 7.82. The van der Waals surface area contributed by atoms with Crippen molar-refractivity contribution in [2.24, 2.45) is 11.8 Å². The zero-order valence-electron chi connectivity index (χ0n) is 15.6. The van der Waals surface area contributed by atoms with Gasteiger partial charge in [-0.3, -0.25) is 14.5 Å². The summed E-state index contributed by atoms with van der Waals surface area (Å²) in [7, 11) is 3.60. The molecule has 0 aromatic heterocycles. The molecule has 5 heteroatoms. The van der Waals surface area contributed by atoms with Gasteiger partial charge in [-0.05, 0) is 38.6 Å². The van der Waals surface area contributed by atoms with Crippen LogP contribution in [0.5, 0.6) is 0 Å². The fourth-order valence-electron chi connectivity index (χ4n) is 3.19. The van der Waals surface area contributed by atoms with Crippen LogP contribution in [0, 0.1) is 11.8 Å². The highest BCUT2D eigenvalue weighted by molar-refractivity contribution is 5.80. The molecule has 134 valence electrons. The lowest BCUT2D eigenvalue weighted by molar-refractivity contribution is -0.135. The second-order valence-corrected chi connectivity index (χ2v) is 7.60. The Morgan fingerprint density at radius 2 is 1.91 bits per heavy atom. The molecule has 0 saturated carbocycles. The van der Waals surface area contributed by atoms with Crippen LogP contribution in [0.2, 0.25) is 0 Å². The molecular weight excluding hydrogens is 290 g/mol. The van der Waals surface area contributed by atoms with Gasteiger partial charge in [0.1, 0.15) is 0 Å². The van der Waals surface area contributed by atoms with Gasteiger partial charge in [0, 0.05) is 26.7 Å². The number of carbonyl (C=O) groups is 2. The molecule has 1 saturated heterocycles. The predicted octanol–water partition coefficient (Wildman–Crippen LogP) is 2.12. The number of rotatable bonds is 8. The average Bonchev–Trinajstić information content (AvgIpc) is 2.45. The number of hydrogen-bond acceptors (Lipinski definition) is 3. The fourth-order valence-corrected chi connectivity index (χ4v) is 3.19. The lowest BCUT2D eigenvalue weighted by Crippen LogP contribution is -2.47. The lowest BCUT2D eigenvalue weighted by Gasteiger charge is -2.32. The number of amides is 2. The summed E-state index contributed by atoms with van der Waals surface area (Å²) in [4.78, 5) is 28.0. The Labute approximate surface area is 141 Å². The van der Waals surface area contributed by atoms with Crippen molar-refractivity contribution in [3.05, 3.63) is 0 Å². The summed E-state index contributed by atoms with van der Waals surface area (Å²) in [6.07, 6.45) is 5.32. The summed E-state index contributed by atoms with van der Waals surface area (Å²) in [6, 6.07) is 0.227. The Morgan fingerprint density at radius 3 is 2.52 bits per heavy atom. The topological polar surface area (TPSA) is 52.7 Å². The first-order chi connectivity index (χ1) is 10.8. The van der Waals surface area contributed by atoms with Crippen LogP contribution in [0.1, 0.15) is 52.9 Å². The Hall–Kier alpha value is -1.10. The summed E-state index contributed by atoms with van der Waals surface area (Å²) in [5.41, 5.74) is 0. The van der Waals surface area contributed by atoms with Crippen LogP contribution in [-0.4, -0.2) is 61.4 Å². The van der Waals surface area contributed by atoms with Crippen molar-refractivity contribution in [2.75, 3.05) is 33.7 Å². The third-order valence-corrected chi connectivity index (χ3v) is 4.49. The molecule has 2 atom stereocenters. The van der Waals surface area contributed by atoms with Crippen LogP contribution >= 0.6 is 0 Å². The molecule has 0 aliphatic carbocycles. The molecule has 0 aromatic rings. The molecule has 1 fully saturated rings. The third-order valence-electron chi connectivity index (χ3n) is 4.49. The van der Waals surface area contributed by atoms with Crippen LogP contribution in [0.3, 0.4) is 0 Å². The van der Waals surface area contributed by atoms with E-state index in [1.807, 2.05) is 0 Å². The monoisotopic (exact) mass is 325 g/mol. The summed E-state index contributed by atoms with van der Waals surface area (Å²) < 4.78 is 0. The van der Waals surface area contributed by atoms with E-state index in [1.165, 1.54) is 6.42 Å². The van der Waals surface area contributed by atoms with Gasteiger partial charge in [-0.1, -0.05) is 26.7 Å². The van der Waals surface area contributed by atoms with E-state index < -0.39 is 0 Å². The summed E-state index contributed by atoms with van der Waals surface area (Å²) in [6.45, 7) is 8.55. The van der Waals surface area contributed by atoms with E-state index in [0.717, 1.165) is 38.1 Å². The number of likely N-dealkylation sites (tertiary alicyclic amines) is 1. The maximum atomic E-state index is 12.2. The van der Waals surface area contributed by atoms with Crippen molar-refractivity contribution in [2.45, 2.75) is 58.9 Å². The molecule has 0 spiro atoms. The number of nitrogens with zero attached hydrogens (tertiary/aromatic N) is 2. The SMILES string of the molecule is CC(C)CCCC(C)NC(=O)CN1CCCC(C(=O)N(C)C)C1. The van der Waals surface area contributed by atoms with Crippen LogP contribution in [0.15, 0.2) is 0 Å². The summed E-state index contributed by atoms with van der Waals surface area (Å²) >= 11 is 0. The van der Waals surface area contributed by atoms with Crippen LogP contribution in [0.25, 0.3) is 0 Å². The van der Waals surface area contributed by atoms with E-state index in [1.54, 1.807) is 19.0 Å². The number of nitrogens with one attached hydrogen (secondary N) is 1. The van der Waals surface area contributed by atoms with Crippen molar-refractivity contribution in [1.82, 2.24) is 15.1 Å². The normalized spacial score (nSPS) is 20.3. The molecular formula is C18H35N3O2. The molecule has 1 N–H and O–H groups in total. The number of carbonyl (C=O) groups excluding carboxylic acids is 2. The zero-order valence-corrected chi connectivity index (χ0v) is 15.6. The molecule has 1 rings (SSSR count). The van der Waals surface area contributed by atoms with Gasteiger partial charge in [-0.2, -0.15) is 0 Å². The Bertz CT molecular complexity index is 382. The maximum absolute atomic E-state index is 12.2. The van der Waals surface area contributed by atoms with E-state index in [4.69, 9.17) is 0 Å². The molecule has 2 amide bonds. The molecule has 0 bridgehead atoms. The maximum Gasteiger partial charge on any atom is 0.234 e. The van der Waals surface area contributed by atoms with Crippen molar-refractivity contribution in [1.29, 1.82) is 0 Å². The van der Waals surface area contributed by atoms with Gasteiger partial charge in [0.15, 0.2) is 0 Å². The molecule has 1 aliphatic heterocycles. The van der Waals surface area contributed by atoms with Gasteiger partial charge >= 0.3 is 0 Å². The van der Waals surface area contributed by atoms with E-state index >= 15 is 0 Å². The Morgan fingerprint density at radius 1 is 1.22 bits per heavy atom. The standard InChI is InChI=1S/C18H35N3O2/c1-14(2)8-6-9-15(3)19-17(22)13-21-11-7-10-16(12-21)18(23)20(4)5/h14-16H,6-13H2,1-5H3,(H,19,22). The van der Waals surface area contributed by atoms with Crippen molar-refractivity contribution >= 4 is 11.8 Å². The molecule has 2 unspecified atom stereocenters. The Balaban J connectivity index is 2.31. The first-order valence-corrected chi connectivity index (χ1v) is 9.02. The molecule has 0 radical (unpaired) electrons. The molecule has 23 heavy (non-hydrogen) atoms. The minimum absolute atomic E-state index is 0.0371. The molecule has 5 nitrogen and oxygen atoms in total. The van der Waals surface area contributed by atoms with Gasteiger partial charge in [0.25, 0.3) is 0 Å². The lowest BCUT2D eigenvalue weighted by atomic mass is 9.97. The van der Waals surface area contributed by atoms with Crippen molar-refractivity contribution in [3.63, 3.8) is 0 Å².